The molecule has 1 aromatic heterocycles. The van der Waals surface area contributed by atoms with Gasteiger partial charge in [0.15, 0.2) is 0 Å². The zero-order chi connectivity index (χ0) is 21.9. The van der Waals surface area contributed by atoms with Crippen LogP contribution in [0.25, 0.3) is 5.69 Å². The van der Waals surface area contributed by atoms with E-state index in [0.29, 0.717) is 5.16 Å². The third-order valence-electron chi connectivity index (χ3n) is 4.27. The van der Waals surface area contributed by atoms with E-state index in [1.54, 1.807) is 0 Å². The number of amides is 1. The number of tetrazole rings is 1. The van der Waals surface area contributed by atoms with Gasteiger partial charge in [-0.1, -0.05) is 49.9 Å². The van der Waals surface area contributed by atoms with Crippen molar-refractivity contribution >= 4 is 23.4 Å². The number of halogens is 3. The number of para-hydroxylation sites is 1. The Kier molecular flexibility index (Phi) is 6.45. The summed E-state index contributed by atoms with van der Waals surface area (Å²) in [6.07, 6.45) is -4.57. The molecule has 0 aliphatic rings. The van der Waals surface area contributed by atoms with Crippen LogP contribution < -0.4 is 5.32 Å². The van der Waals surface area contributed by atoms with Crippen molar-refractivity contribution in [3.05, 3.63) is 59.7 Å². The van der Waals surface area contributed by atoms with Crippen LogP contribution >= 0.6 is 11.8 Å². The van der Waals surface area contributed by atoms with Crippen LogP contribution in [0, 0.1) is 12.8 Å². The number of rotatable bonds is 6. The van der Waals surface area contributed by atoms with Crippen LogP contribution in [0.5, 0.6) is 0 Å². The number of carbonyl (C=O) groups excluding carboxylic acids is 1. The molecule has 2 aromatic carbocycles. The first-order valence-electron chi connectivity index (χ1n) is 9.16. The Hall–Kier alpha value is -2.88. The number of thioether (sulfide) groups is 1. The van der Waals surface area contributed by atoms with Gasteiger partial charge in [-0.3, -0.25) is 4.79 Å². The predicted octanol–water partition coefficient (Wildman–Crippen LogP) is 4.74. The van der Waals surface area contributed by atoms with E-state index in [0.717, 1.165) is 29.1 Å². The second-order valence-electron chi connectivity index (χ2n) is 7.03. The molecule has 0 fully saturated rings. The quantitative estimate of drug-likeness (QED) is 0.566. The molecule has 30 heavy (non-hydrogen) atoms. The van der Waals surface area contributed by atoms with Crippen LogP contribution in [0.15, 0.2) is 53.7 Å². The van der Waals surface area contributed by atoms with Gasteiger partial charge < -0.3 is 5.32 Å². The lowest BCUT2D eigenvalue weighted by Gasteiger charge is -2.21. The average Bonchev–Trinajstić information content (AvgIpc) is 3.13. The molecule has 1 amide bonds. The van der Waals surface area contributed by atoms with Crippen molar-refractivity contribution in [2.75, 3.05) is 5.32 Å². The predicted molar refractivity (Wildman–Crippen MR) is 108 cm³/mol. The van der Waals surface area contributed by atoms with E-state index in [2.05, 4.69) is 20.8 Å². The molecule has 1 atom stereocenters. The van der Waals surface area contributed by atoms with Crippen LogP contribution in [-0.4, -0.2) is 31.4 Å². The molecule has 0 aliphatic carbocycles. The van der Waals surface area contributed by atoms with Crippen LogP contribution in [0.2, 0.25) is 0 Å². The van der Waals surface area contributed by atoms with Gasteiger partial charge in [-0.15, -0.1) is 5.10 Å². The summed E-state index contributed by atoms with van der Waals surface area (Å²) in [4.78, 5) is 12.9. The maximum absolute atomic E-state index is 13.3. The minimum Gasteiger partial charge on any atom is -0.325 e. The SMILES string of the molecule is Cc1cccc(-n2nnnc2SC(C(=O)Nc2ccccc2C(F)(F)F)C(C)C)c1. The maximum Gasteiger partial charge on any atom is 0.418 e. The van der Waals surface area contributed by atoms with Crippen molar-refractivity contribution in [1.29, 1.82) is 0 Å². The molecule has 158 valence electrons. The highest BCUT2D eigenvalue weighted by Crippen LogP contribution is 2.35. The lowest BCUT2D eigenvalue weighted by atomic mass is 10.1. The monoisotopic (exact) mass is 435 g/mol. The Balaban J connectivity index is 1.85. The van der Waals surface area contributed by atoms with E-state index in [-0.39, 0.29) is 11.6 Å². The number of benzene rings is 2. The highest BCUT2D eigenvalue weighted by molar-refractivity contribution is 8.00. The standard InChI is InChI=1S/C20H20F3N5OS/c1-12(2)17(18(29)24-16-10-5-4-9-15(16)20(21,22)23)30-19-25-26-27-28(19)14-8-6-7-13(3)11-14/h4-12,17H,1-3H3,(H,24,29). The normalized spacial score (nSPS) is 12.8. The summed E-state index contributed by atoms with van der Waals surface area (Å²) in [5.41, 5.74) is 0.573. The number of carbonyl (C=O) groups is 1. The lowest BCUT2D eigenvalue weighted by Crippen LogP contribution is -2.30. The van der Waals surface area contributed by atoms with Crippen LogP contribution in [0.1, 0.15) is 25.0 Å². The van der Waals surface area contributed by atoms with Crippen molar-refractivity contribution in [3.63, 3.8) is 0 Å². The summed E-state index contributed by atoms with van der Waals surface area (Å²) in [7, 11) is 0. The van der Waals surface area contributed by atoms with E-state index in [9.17, 15) is 18.0 Å². The molecule has 0 spiro atoms. The number of aromatic nitrogens is 4. The Morgan fingerprint density at radius 2 is 1.87 bits per heavy atom. The molecule has 0 saturated carbocycles. The number of nitrogens with zero attached hydrogens (tertiary/aromatic N) is 4. The van der Waals surface area contributed by atoms with E-state index < -0.39 is 22.9 Å². The van der Waals surface area contributed by atoms with Crippen molar-refractivity contribution in [2.45, 2.75) is 37.4 Å². The van der Waals surface area contributed by atoms with E-state index >= 15 is 0 Å². The van der Waals surface area contributed by atoms with Crippen molar-refractivity contribution in [2.24, 2.45) is 5.92 Å². The molecule has 0 radical (unpaired) electrons. The minimum atomic E-state index is -4.57. The highest BCUT2D eigenvalue weighted by Gasteiger charge is 2.35. The summed E-state index contributed by atoms with van der Waals surface area (Å²) in [6.45, 7) is 5.56. The highest BCUT2D eigenvalue weighted by atomic mass is 32.2. The fourth-order valence-electron chi connectivity index (χ4n) is 2.82. The average molecular weight is 435 g/mol. The minimum absolute atomic E-state index is 0.185. The van der Waals surface area contributed by atoms with Crippen LogP contribution in [0.4, 0.5) is 18.9 Å². The summed E-state index contributed by atoms with van der Waals surface area (Å²) in [5.74, 6) is -0.735. The van der Waals surface area contributed by atoms with Gasteiger partial charge in [0.25, 0.3) is 0 Å². The Labute approximate surface area is 175 Å². The summed E-state index contributed by atoms with van der Waals surface area (Å²) < 4.78 is 41.3. The number of anilines is 1. The molecule has 0 saturated heterocycles. The summed E-state index contributed by atoms with van der Waals surface area (Å²) >= 11 is 1.11. The second-order valence-corrected chi connectivity index (χ2v) is 8.14. The van der Waals surface area contributed by atoms with Gasteiger partial charge in [0.05, 0.1) is 22.2 Å². The third-order valence-corrected chi connectivity index (χ3v) is 5.75. The number of nitrogens with one attached hydrogen (secondary N) is 1. The molecule has 10 heteroatoms. The van der Waals surface area contributed by atoms with Gasteiger partial charge in [-0.05, 0) is 53.1 Å². The fraction of sp³-hybridized carbons (Fsp3) is 0.300. The first-order valence-corrected chi connectivity index (χ1v) is 10.0. The van der Waals surface area contributed by atoms with E-state index in [4.69, 9.17) is 0 Å². The number of aryl methyl sites for hydroxylation is 1. The molecule has 3 aromatic rings. The van der Waals surface area contributed by atoms with Gasteiger partial charge >= 0.3 is 6.18 Å². The second kappa shape index (κ2) is 8.86. The molecule has 1 N–H and O–H groups in total. The number of hydrogen-bond donors (Lipinski definition) is 1. The number of alkyl halides is 3. The molecule has 0 aliphatic heterocycles. The first kappa shape index (κ1) is 21.8. The Bertz CT molecular complexity index is 1040. The van der Waals surface area contributed by atoms with Gasteiger partial charge in [0.2, 0.25) is 11.1 Å². The van der Waals surface area contributed by atoms with Crippen LogP contribution in [-0.2, 0) is 11.0 Å². The van der Waals surface area contributed by atoms with Crippen molar-refractivity contribution in [1.82, 2.24) is 20.2 Å². The fourth-order valence-corrected chi connectivity index (χ4v) is 3.81. The van der Waals surface area contributed by atoms with Gasteiger partial charge in [0, 0.05) is 0 Å². The first-order chi connectivity index (χ1) is 14.2. The van der Waals surface area contributed by atoms with Crippen LogP contribution in [0.3, 0.4) is 0 Å². The smallest absolute Gasteiger partial charge is 0.325 e. The molecular weight excluding hydrogens is 415 g/mol. The third kappa shape index (κ3) is 4.99. The van der Waals surface area contributed by atoms with Gasteiger partial charge in [-0.25, -0.2) is 0 Å². The molecule has 6 nitrogen and oxygen atoms in total. The molecule has 1 heterocycles. The topological polar surface area (TPSA) is 72.7 Å². The van der Waals surface area contributed by atoms with E-state index in [1.807, 2.05) is 45.0 Å². The molecule has 1 unspecified atom stereocenters. The maximum atomic E-state index is 13.3. The van der Waals surface area contributed by atoms with Crippen molar-refractivity contribution < 1.29 is 18.0 Å². The lowest BCUT2D eigenvalue weighted by molar-refractivity contribution is -0.137. The zero-order valence-corrected chi connectivity index (χ0v) is 17.3. The molecule has 3 rings (SSSR count). The summed E-state index contributed by atoms with van der Waals surface area (Å²) in [5, 5.41) is 13.8. The Morgan fingerprint density at radius 1 is 1.13 bits per heavy atom. The number of hydrogen-bond acceptors (Lipinski definition) is 5. The largest absolute Gasteiger partial charge is 0.418 e. The summed E-state index contributed by atoms with van der Waals surface area (Å²) in [6, 6.07) is 12.4. The van der Waals surface area contributed by atoms with Gasteiger partial charge in [-0.2, -0.15) is 17.9 Å². The van der Waals surface area contributed by atoms with Crippen molar-refractivity contribution in [3.8, 4) is 5.69 Å². The molecular formula is C20H20F3N5OS. The Morgan fingerprint density at radius 3 is 2.53 bits per heavy atom. The zero-order valence-electron chi connectivity index (χ0n) is 16.5. The van der Waals surface area contributed by atoms with E-state index in [1.165, 1.54) is 22.9 Å². The molecule has 0 bridgehead atoms. The van der Waals surface area contributed by atoms with Gasteiger partial charge in [0.1, 0.15) is 0 Å².